The standard InChI is InChI=1S/C26H44N6O6Si2/c1-16(2)39(17(3)4)35-15-21-23(37-40(38-39,18(5)6)19(7)8)26(10,32-14-12-27-30-32)24(36-21)31-13-11-22(28-20(9)33)29-25(31)34/h11-14,16-19,21,23-24H,15H2,1-10H3,(H,28,29,33,34). The van der Waals surface area contributed by atoms with Crippen molar-refractivity contribution in [2.24, 2.45) is 0 Å². The van der Waals surface area contributed by atoms with Gasteiger partial charge in [-0.15, -0.1) is 5.10 Å². The minimum atomic E-state index is -2.99. The maximum Gasteiger partial charge on any atom is 0.351 e. The molecule has 2 aromatic heterocycles. The fraction of sp³-hybridized carbons (Fsp3) is 0.731. The molecule has 0 radical (unpaired) electrons. The second kappa shape index (κ2) is 11.2. The van der Waals surface area contributed by atoms with Crippen molar-refractivity contribution in [2.75, 3.05) is 11.9 Å². The van der Waals surface area contributed by atoms with Crippen LogP contribution in [0.1, 0.15) is 75.5 Å². The Bertz CT molecular complexity index is 1240. The van der Waals surface area contributed by atoms with Crippen LogP contribution >= 0.6 is 0 Å². The fourth-order valence-corrected chi connectivity index (χ4v) is 17.5. The highest BCUT2D eigenvalue weighted by atomic mass is 28.5. The summed E-state index contributed by atoms with van der Waals surface area (Å²) in [6.07, 6.45) is 2.99. The van der Waals surface area contributed by atoms with Crippen LogP contribution < -0.4 is 11.0 Å². The lowest BCUT2D eigenvalue weighted by atomic mass is 9.92. The third-order valence-electron chi connectivity index (χ3n) is 8.34. The Kier molecular flexibility index (Phi) is 8.61. The van der Waals surface area contributed by atoms with Gasteiger partial charge < -0.3 is 23.0 Å². The van der Waals surface area contributed by atoms with Crippen LogP contribution in [-0.4, -0.2) is 66.4 Å². The molecule has 4 atom stereocenters. The van der Waals surface area contributed by atoms with Crippen LogP contribution in [0, 0.1) is 0 Å². The number of nitrogens with zero attached hydrogens (tertiary/aromatic N) is 5. The molecule has 2 aromatic rings. The van der Waals surface area contributed by atoms with E-state index in [1.54, 1.807) is 29.3 Å². The summed E-state index contributed by atoms with van der Waals surface area (Å²) in [5.41, 5.74) is -0.987. The number of rotatable bonds is 7. The molecule has 14 heteroatoms. The zero-order chi connectivity index (χ0) is 29.6. The fourth-order valence-electron chi connectivity index (χ4n) is 6.23. The molecule has 2 saturated heterocycles. The number of aromatic nitrogens is 5. The summed E-state index contributed by atoms with van der Waals surface area (Å²) in [7, 11) is -5.78. The highest BCUT2D eigenvalue weighted by Crippen LogP contribution is 2.52. The molecule has 0 aromatic carbocycles. The predicted molar refractivity (Wildman–Crippen MR) is 154 cm³/mol. The van der Waals surface area contributed by atoms with Crippen LogP contribution in [0.3, 0.4) is 0 Å². The topological polar surface area (TPSA) is 132 Å². The normalized spacial score (nSPS) is 28.1. The van der Waals surface area contributed by atoms with Crippen molar-refractivity contribution in [1.29, 1.82) is 0 Å². The van der Waals surface area contributed by atoms with Crippen molar-refractivity contribution in [3.8, 4) is 0 Å². The van der Waals surface area contributed by atoms with Crippen molar-refractivity contribution < 1.29 is 22.5 Å². The van der Waals surface area contributed by atoms with Crippen LogP contribution in [0.25, 0.3) is 0 Å². The van der Waals surface area contributed by atoms with Gasteiger partial charge in [0.2, 0.25) is 5.91 Å². The van der Waals surface area contributed by atoms with E-state index in [1.165, 1.54) is 11.5 Å². The predicted octanol–water partition coefficient (Wildman–Crippen LogP) is 4.06. The second-order valence-electron chi connectivity index (χ2n) is 12.3. The third-order valence-corrected chi connectivity index (χ3v) is 18.6. The molecule has 4 rings (SSSR count). The van der Waals surface area contributed by atoms with Gasteiger partial charge >= 0.3 is 22.8 Å². The minimum absolute atomic E-state index is 0.111. The molecule has 0 aliphatic carbocycles. The Morgan fingerprint density at radius 3 is 2.17 bits per heavy atom. The van der Waals surface area contributed by atoms with Crippen LogP contribution in [0.4, 0.5) is 5.82 Å². The summed E-state index contributed by atoms with van der Waals surface area (Å²) in [5, 5.41) is 11.0. The smallest absolute Gasteiger partial charge is 0.351 e. The lowest BCUT2D eigenvalue weighted by molar-refractivity contribution is -0.114. The molecule has 2 fully saturated rings. The number of hydrogen-bond acceptors (Lipinski definition) is 9. The maximum atomic E-state index is 13.3. The maximum absolute atomic E-state index is 13.3. The van der Waals surface area contributed by atoms with Crippen LogP contribution in [-0.2, 0) is 28.0 Å². The monoisotopic (exact) mass is 592 g/mol. The number of amides is 1. The molecular formula is C26H44N6O6Si2. The number of fused-ring (bicyclic) bond motifs is 1. The van der Waals surface area contributed by atoms with Crippen LogP contribution in [0.2, 0.25) is 22.2 Å². The first-order valence-electron chi connectivity index (χ1n) is 14.1. The van der Waals surface area contributed by atoms with Gasteiger partial charge in [-0.2, -0.15) is 4.98 Å². The number of anilines is 1. The summed E-state index contributed by atoms with van der Waals surface area (Å²) in [4.78, 5) is 29.0. The molecule has 1 N–H and O–H groups in total. The third kappa shape index (κ3) is 5.02. The quantitative estimate of drug-likeness (QED) is 0.473. The lowest BCUT2D eigenvalue weighted by Gasteiger charge is -2.52. The van der Waals surface area contributed by atoms with Crippen molar-refractivity contribution in [3.63, 3.8) is 0 Å². The molecule has 4 unspecified atom stereocenters. The van der Waals surface area contributed by atoms with Gasteiger partial charge in [-0.3, -0.25) is 9.36 Å². The Balaban J connectivity index is 1.90. The SMILES string of the molecule is CC(=O)Nc1ccn(C2OC3CO[Si](C(C)C)(C(C)C)O[Si](C(C)C)(C(C)C)OC3C2(C)n2ccnn2)c(=O)n1. The van der Waals surface area contributed by atoms with E-state index in [2.05, 4.69) is 76.0 Å². The first-order valence-corrected chi connectivity index (χ1v) is 18.0. The summed E-state index contributed by atoms with van der Waals surface area (Å²) in [5.74, 6) is -0.145. The average Bonchev–Trinajstić information content (AvgIpc) is 3.47. The lowest BCUT2D eigenvalue weighted by Crippen LogP contribution is -2.67. The highest BCUT2D eigenvalue weighted by Gasteiger charge is 2.65. The molecular weight excluding hydrogens is 548 g/mol. The van der Waals surface area contributed by atoms with Crippen LogP contribution in [0.5, 0.6) is 0 Å². The molecule has 2 aliphatic rings. The minimum Gasteiger partial charge on any atom is -0.414 e. The van der Waals surface area contributed by atoms with Crippen molar-refractivity contribution >= 4 is 28.8 Å². The molecule has 40 heavy (non-hydrogen) atoms. The zero-order valence-corrected chi connectivity index (χ0v) is 27.2. The first-order chi connectivity index (χ1) is 18.7. The van der Waals surface area contributed by atoms with E-state index in [4.69, 9.17) is 17.7 Å². The van der Waals surface area contributed by atoms with Gasteiger partial charge in [-0.05, 0) is 35.2 Å². The van der Waals surface area contributed by atoms with Gasteiger partial charge in [-0.1, -0.05) is 60.6 Å². The van der Waals surface area contributed by atoms with E-state index in [0.29, 0.717) is 0 Å². The van der Waals surface area contributed by atoms with E-state index in [-0.39, 0.29) is 40.5 Å². The van der Waals surface area contributed by atoms with E-state index < -0.39 is 46.8 Å². The molecule has 0 bridgehead atoms. The molecule has 1 amide bonds. The Morgan fingerprint density at radius 1 is 1.05 bits per heavy atom. The largest absolute Gasteiger partial charge is 0.414 e. The molecule has 2 aliphatic heterocycles. The molecule has 0 spiro atoms. The Hall–Kier alpha value is -2.24. The zero-order valence-electron chi connectivity index (χ0n) is 25.2. The average molecular weight is 593 g/mol. The summed E-state index contributed by atoms with van der Waals surface area (Å²) in [6, 6.07) is 1.57. The van der Waals surface area contributed by atoms with Gasteiger partial charge in [0, 0.05) is 19.3 Å². The van der Waals surface area contributed by atoms with E-state index >= 15 is 0 Å². The summed E-state index contributed by atoms with van der Waals surface area (Å²) in [6.45, 7) is 20.9. The van der Waals surface area contributed by atoms with Crippen molar-refractivity contribution in [3.05, 3.63) is 35.1 Å². The summed E-state index contributed by atoms with van der Waals surface area (Å²) < 4.78 is 31.5. The van der Waals surface area contributed by atoms with E-state index in [0.717, 1.165) is 0 Å². The molecule has 12 nitrogen and oxygen atoms in total. The molecule has 0 saturated carbocycles. The number of carbonyl (C=O) groups is 1. The van der Waals surface area contributed by atoms with E-state index in [9.17, 15) is 9.59 Å². The van der Waals surface area contributed by atoms with Gasteiger partial charge in [0.15, 0.2) is 6.23 Å². The van der Waals surface area contributed by atoms with Crippen LogP contribution in [0.15, 0.2) is 29.5 Å². The van der Waals surface area contributed by atoms with Gasteiger partial charge in [0.1, 0.15) is 23.6 Å². The van der Waals surface area contributed by atoms with Crippen molar-refractivity contribution in [2.45, 2.75) is 115 Å². The highest BCUT2D eigenvalue weighted by molar-refractivity contribution is 6.84. The molecule has 4 heterocycles. The van der Waals surface area contributed by atoms with E-state index in [1.807, 2.05) is 6.92 Å². The summed E-state index contributed by atoms with van der Waals surface area (Å²) >= 11 is 0. The number of nitrogens with one attached hydrogen (secondary N) is 1. The van der Waals surface area contributed by atoms with Gasteiger partial charge in [0.05, 0.1) is 12.8 Å². The molecule has 222 valence electrons. The Labute approximate surface area is 238 Å². The number of carbonyl (C=O) groups excluding carboxylic acids is 1. The Morgan fingerprint density at radius 2 is 1.68 bits per heavy atom. The first kappa shape index (κ1) is 30.7. The van der Waals surface area contributed by atoms with Gasteiger partial charge in [-0.25, -0.2) is 9.48 Å². The second-order valence-corrected chi connectivity index (χ2v) is 21.1. The number of ether oxygens (including phenoxy) is 1. The van der Waals surface area contributed by atoms with Crippen molar-refractivity contribution in [1.82, 2.24) is 24.5 Å². The number of hydrogen-bond donors (Lipinski definition) is 1. The van der Waals surface area contributed by atoms with Gasteiger partial charge in [0.25, 0.3) is 0 Å².